The van der Waals surface area contributed by atoms with Crippen molar-refractivity contribution in [3.8, 4) is 11.5 Å². The maximum Gasteiger partial charge on any atom is 0.273 e. The van der Waals surface area contributed by atoms with E-state index in [2.05, 4.69) is 10.3 Å². The van der Waals surface area contributed by atoms with Crippen LogP contribution in [0.4, 0.5) is 4.39 Å². The molecule has 2 heterocycles. The summed E-state index contributed by atoms with van der Waals surface area (Å²) in [4.78, 5) is 19.1. The number of rotatable bonds is 9. The average molecular weight is 488 g/mol. The molecule has 8 heteroatoms. The van der Waals surface area contributed by atoms with Crippen LogP contribution in [0.2, 0.25) is 0 Å². The lowest BCUT2D eigenvalue weighted by Crippen LogP contribution is -2.27. The third-order valence-corrected chi connectivity index (χ3v) is 5.99. The molecule has 5 rings (SSSR count). The van der Waals surface area contributed by atoms with Gasteiger partial charge in [0.05, 0.1) is 12.6 Å². The number of nitrogens with one attached hydrogen (secondary N) is 1. The summed E-state index contributed by atoms with van der Waals surface area (Å²) in [5.41, 5.74) is 2.72. The first kappa shape index (κ1) is 23.6. The molecule has 0 fully saturated rings. The van der Waals surface area contributed by atoms with Crippen molar-refractivity contribution >= 4 is 5.91 Å². The van der Waals surface area contributed by atoms with Gasteiger partial charge in [-0.15, -0.1) is 0 Å². The molecule has 1 aromatic heterocycles. The van der Waals surface area contributed by atoms with Gasteiger partial charge in [-0.3, -0.25) is 9.69 Å². The summed E-state index contributed by atoms with van der Waals surface area (Å²) in [6, 6.07) is 21.9. The molecule has 0 saturated carbocycles. The molecular weight excluding hydrogens is 461 g/mol. The zero-order valence-electron chi connectivity index (χ0n) is 19.8. The highest BCUT2D eigenvalue weighted by Crippen LogP contribution is 2.33. The molecule has 1 N–H and O–H groups in total. The van der Waals surface area contributed by atoms with Gasteiger partial charge in [0.1, 0.15) is 12.1 Å². The molecule has 0 spiro atoms. The van der Waals surface area contributed by atoms with Crippen molar-refractivity contribution in [1.82, 2.24) is 15.2 Å². The second-order valence-electron chi connectivity index (χ2n) is 8.66. The number of fused-ring (bicyclic) bond motifs is 1. The van der Waals surface area contributed by atoms with Crippen LogP contribution in [0.5, 0.6) is 11.5 Å². The van der Waals surface area contributed by atoms with Crippen LogP contribution in [0.25, 0.3) is 0 Å². The summed E-state index contributed by atoms with van der Waals surface area (Å²) in [6.07, 6.45) is 1.35. The minimum absolute atomic E-state index is 0.178. The Morgan fingerprint density at radius 2 is 1.78 bits per heavy atom. The second kappa shape index (κ2) is 10.6. The SMILES string of the molecule is C[C@@H](NC(=O)c1coc(CN(Cc2ccc3c(c2)OCO3)Cc2ccccc2F)n1)c1ccccc1. The van der Waals surface area contributed by atoms with Crippen molar-refractivity contribution in [1.29, 1.82) is 0 Å². The minimum atomic E-state index is -0.322. The van der Waals surface area contributed by atoms with Crippen LogP contribution >= 0.6 is 0 Å². The monoisotopic (exact) mass is 487 g/mol. The number of aromatic nitrogens is 1. The van der Waals surface area contributed by atoms with E-state index in [0.29, 0.717) is 36.0 Å². The Bertz CT molecular complexity index is 1340. The van der Waals surface area contributed by atoms with Crippen LogP contribution in [0.3, 0.4) is 0 Å². The van der Waals surface area contributed by atoms with E-state index in [0.717, 1.165) is 11.1 Å². The van der Waals surface area contributed by atoms with Crippen molar-refractivity contribution < 1.29 is 23.1 Å². The molecule has 1 aliphatic rings. The molecule has 0 radical (unpaired) electrons. The molecule has 0 aliphatic carbocycles. The number of hydrogen-bond donors (Lipinski definition) is 1. The van der Waals surface area contributed by atoms with E-state index in [9.17, 15) is 9.18 Å². The third-order valence-electron chi connectivity index (χ3n) is 5.99. The van der Waals surface area contributed by atoms with Crippen molar-refractivity contribution in [2.45, 2.75) is 32.6 Å². The molecule has 7 nitrogen and oxygen atoms in total. The molecule has 3 aromatic carbocycles. The lowest BCUT2D eigenvalue weighted by molar-refractivity contribution is 0.0934. The van der Waals surface area contributed by atoms with E-state index < -0.39 is 0 Å². The van der Waals surface area contributed by atoms with E-state index in [1.165, 1.54) is 12.3 Å². The van der Waals surface area contributed by atoms with Gasteiger partial charge in [0, 0.05) is 18.7 Å². The van der Waals surface area contributed by atoms with E-state index in [1.54, 1.807) is 18.2 Å². The predicted octanol–water partition coefficient (Wildman–Crippen LogP) is 5.24. The Labute approximate surface area is 208 Å². The first-order chi connectivity index (χ1) is 17.5. The number of benzene rings is 3. The van der Waals surface area contributed by atoms with Crippen LogP contribution in [0.15, 0.2) is 83.5 Å². The van der Waals surface area contributed by atoms with Gasteiger partial charge in [0.25, 0.3) is 5.91 Å². The smallest absolute Gasteiger partial charge is 0.273 e. The van der Waals surface area contributed by atoms with Crippen molar-refractivity contribution in [2.24, 2.45) is 0 Å². The molecule has 1 atom stereocenters. The first-order valence-corrected chi connectivity index (χ1v) is 11.7. The first-order valence-electron chi connectivity index (χ1n) is 11.7. The van der Waals surface area contributed by atoms with Crippen molar-refractivity contribution in [3.63, 3.8) is 0 Å². The fourth-order valence-corrected chi connectivity index (χ4v) is 4.11. The second-order valence-corrected chi connectivity index (χ2v) is 8.66. The number of carbonyl (C=O) groups is 1. The Hall–Kier alpha value is -4.17. The molecule has 0 bridgehead atoms. The van der Waals surface area contributed by atoms with Crippen molar-refractivity contribution in [3.05, 3.63) is 113 Å². The number of carbonyl (C=O) groups excluding carboxylic acids is 1. The summed E-state index contributed by atoms with van der Waals surface area (Å²) in [7, 11) is 0. The summed E-state index contributed by atoms with van der Waals surface area (Å²) in [6.45, 7) is 3.21. The maximum atomic E-state index is 14.4. The number of hydrogen-bond acceptors (Lipinski definition) is 6. The molecule has 1 aliphatic heterocycles. The third kappa shape index (κ3) is 5.55. The highest BCUT2D eigenvalue weighted by molar-refractivity contribution is 5.92. The summed E-state index contributed by atoms with van der Waals surface area (Å²) in [5, 5.41) is 2.94. The van der Waals surface area contributed by atoms with Crippen molar-refractivity contribution in [2.75, 3.05) is 6.79 Å². The van der Waals surface area contributed by atoms with Gasteiger partial charge in [-0.05, 0) is 36.2 Å². The van der Waals surface area contributed by atoms with E-state index in [-0.39, 0.29) is 36.8 Å². The fourth-order valence-electron chi connectivity index (χ4n) is 4.11. The molecule has 36 heavy (non-hydrogen) atoms. The fraction of sp³-hybridized carbons (Fsp3) is 0.214. The van der Waals surface area contributed by atoms with Gasteiger partial charge in [0.2, 0.25) is 12.7 Å². The number of ether oxygens (including phenoxy) is 2. The van der Waals surface area contributed by atoms with Gasteiger partial charge in [-0.1, -0.05) is 54.6 Å². The zero-order valence-corrected chi connectivity index (χ0v) is 19.8. The highest BCUT2D eigenvalue weighted by atomic mass is 19.1. The summed E-state index contributed by atoms with van der Waals surface area (Å²) < 4.78 is 30.9. The van der Waals surface area contributed by atoms with Crippen LogP contribution in [-0.4, -0.2) is 22.6 Å². The lowest BCUT2D eigenvalue weighted by Gasteiger charge is -2.21. The van der Waals surface area contributed by atoms with Crippen LogP contribution in [0, 0.1) is 5.82 Å². The maximum absolute atomic E-state index is 14.4. The molecule has 0 unspecified atom stereocenters. The highest BCUT2D eigenvalue weighted by Gasteiger charge is 2.20. The number of nitrogens with zero attached hydrogens (tertiary/aromatic N) is 2. The van der Waals surface area contributed by atoms with Crippen LogP contribution in [-0.2, 0) is 19.6 Å². The number of oxazole rings is 1. The normalized spacial score (nSPS) is 13.1. The Balaban J connectivity index is 1.30. The summed E-state index contributed by atoms with van der Waals surface area (Å²) >= 11 is 0. The van der Waals surface area contributed by atoms with E-state index in [1.807, 2.05) is 60.4 Å². The quantitative estimate of drug-likeness (QED) is 0.348. The lowest BCUT2D eigenvalue weighted by atomic mass is 10.1. The van der Waals surface area contributed by atoms with E-state index >= 15 is 0 Å². The molecule has 1 amide bonds. The molecule has 184 valence electrons. The van der Waals surface area contributed by atoms with Gasteiger partial charge in [-0.25, -0.2) is 9.37 Å². The topological polar surface area (TPSA) is 76.8 Å². The Morgan fingerprint density at radius 1 is 1.00 bits per heavy atom. The Kier molecular flexibility index (Phi) is 6.95. The van der Waals surface area contributed by atoms with Gasteiger partial charge in [-0.2, -0.15) is 0 Å². The van der Waals surface area contributed by atoms with Gasteiger partial charge in [0.15, 0.2) is 17.2 Å². The van der Waals surface area contributed by atoms with Gasteiger partial charge < -0.3 is 19.2 Å². The molecule has 0 saturated heterocycles. The standard InChI is InChI=1S/C28H26FN3O4/c1-19(21-7-3-2-4-8-21)30-28(33)24-17-34-27(31-24)16-32(15-22-9-5-6-10-23(22)29)14-20-11-12-25-26(13-20)36-18-35-25/h2-13,17,19H,14-16,18H2,1H3,(H,30,33)/t19-/m1/s1. The Morgan fingerprint density at radius 3 is 2.61 bits per heavy atom. The number of amides is 1. The summed E-state index contributed by atoms with van der Waals surface area (Å²) in [5.74, 6) is 1.14. The predicted molar refractivity (Wildman–Crippen MR) is 131 cm³/mol. The molecular formula is C28H26FN3O4. The molecule has 4 aromatic rings. The largest absolute Gasteiger partial charge is 0.454 e. The van der Waals surface area contributed by atoms with E-state index in [4.69, 9.17) is 13.9 Å². The van der Waals surface area contributed by atoms with Crippen LogP contribution in [0.1, 0.15) is 46.0 Å². The number of halogens is 1. The van der Waals surface area contributed by atoms with Crippen LogP contribution < -0.4 is 14.8 Å². The zero-order chi connectivity index (χ0) is 24.9. The van der Waals surface area contributed by atoms with Gasteiger partial charge >= 0.3 is 0 Å². The minimum Gasteiger partial charge on any atom is -0.454 e. The average Bonchev–Trinajstić information content (AvgIpc) is 3.55.